The molecule has 0 bridgehead atoms. The van der Waals surface area contributed by atoms with Gasteiger partial charge >= 0.3 is 6.61 Å². The summed E-state index contributed by atoms with van der Waals surface area (Å²) in [5.74, 6) is 0.329. The molecule has 0 atom stereocenters. The van der Waals surface area contributed by atoms with Gasteiger partial charge in [0.1, 0.15) is 12.9 Å². The predicted octanol–water partition coefficient (Wildman–Crippen LogP) is 2.54. The summed E-state index contributed by atoms with van der Waals surface area (Å²) in [6.07, 6.45) is 2.91. The highest BCUT2D eigenvalue weighted by molar-refractivity contribution is 5.57. The van der Waals surface area contributed by atoms with Crippen molar-refractivity contribution in [2.24, 2.45) is 0 Å². The maximum Gasteiger partial charge on any atom is 0.388 e. The van der Waals surface area contributed by atoms with Crippen LogP contribution in [-0.2, 0) is 6.54 Å². The van der Waals surface area contributed by atoms with Gasteiger partial charge in [-0.3, -0.25) is 9.36 Å². The number of halogens is 2. The van der Waals surface area contributed by atoms with Crippen molar-refractivity contribution < 1.29 is 13.5 Å². The molecule has 0 spiro atoms. The topological polar surface area (TPSA) is 87.7 Å². The molecule has 1 aromatic carbocycles. The maximum absolute atomic E-state index is 12.3. The number of alkyl halides is 2. The molecule has 3 heterocycles. The summed E-state index contributed by atoms with van der Waals surface area (Å²) < 4.78 is 31.8. The van der Waals surface area contributed by atoms with Gasteiger partial charge in [0.15, 0.2) is 5.82 Å². The molecule has 10 heteroatoms. The standard InChI is InChI=1S/C19H14F2N6O2/c20-19(21)29-17-8-6-13(10-22-17)15-7-9-18(28)27(25-15)11-16-24-23-12-26(16)14-4-2-1-3-5-14/h1-10,12,19H,11H2. The van der Waals surface area contributed by atoms with Gasteiger partial charge in [-0.1, -0.05) is 18.2 Å². The number of para-hydroxylation sites is 1. The van der Waals surface area contributed by atoms with Crippen molar-refractivity contribution in [3.8, 4) is 22.8 Å². The molecule has 146 valence electrons. The van der Waals surface area contributed by atoms with Crippen LogP contribution in [0.4, 0.5) is 8.78 Å². The lowest BCUT2D eigenvalue weighted by molar-refractivity contribution is -0.0528. The molecule has 8 nitrogen and oxygen atoms in total. The lowest BCUT2D eigenvalue weighted by Crippen LogP contribution is -2.24. The Morgan fingerprint density at radius 3 is 2.59 bits per heavy atom. The van der Waals surface area contributed by atoms with Crippen molar-refractivity contribution in [2.75, 3.05) is 0 Å². The molecule has 0 saturated carbocycles. The summed E-state index contributed by atoms with van der Waals surface area (Å²) in [7, 11) is 0. The summed E-state index contributed by atoms with van der Waals surface area (Å²) >= 11 is 0. The number of benzene rings is 1. The molecule has 0 N–H and O–H groups in total. The van der Waals surface area contributed by atoms with Crippen LogP contribution in [0.3, 0.4) is 0 Å². The van der Waals surface area contributed by atoms with Crippen molar-refractivity contribution in [1.29, 1.82) is 0 Å². The number of rotatable bonds is 6. The second-order valence-electron chi connectivity index (χ2n) is 5.93. The smallest absolute Gasteiger partial charge is 0.388 e. The van der Waals surface area contributed by atoms with Gasteiger partial charge in [0, 0.05) is 29.6 Å². The average molecular weight is 396 g/mol. The van der Waals surface area contributed by atoms with Gasteiger partial charge in [-0.05, 0) is 24.3 Å². The van der Waals surface area contributed by atoms with Gasteiger partial charge in [-0.25, -0.2) is 9.67 Å². The van der Waals surface area contributed by atoms with Gasteiger partial charge in [-0.15, -0.1) is 10.2 Å². The van der Waals surface area contributed by atoms with E-state index in [4.69, 9.17) is 0 Å². The van der Waals surface area contributed by atoms with Gasteiger partial charge in [0.25, 0.3) is 5.56 Å². The summed E-state index contributed by atoms with van der Waals surface area (Å²) in [6.45, 7) is -2.85. The second kappa shape index (κ2) is 7.97. The zero-order valence-electron chi connectivity index (χ0n) is 14.9. The van der Waals surface area contributed by atoms with E-state index in [0.717, 1.165) is 5.69 Å². The lowest BCUT2D eigenvalue weighted by atomic mass is 10.2. The third kappa shape index (κ3) is 4.15. The molecule has 0 aliphatic carbocycles. The molecule has 3 aromatic heterocycles. The van der Waals surface area contributed by atoms with Crippen molar-refractivity contribution >= 4 is 0 Å². The maximum atomic E-state index is 12.3. The quantitative estimate of drug-likeness (QED) is 0.498. The minimum Gasteiger partial charge on any atom is -0.417 e. The highest BCUT2D eigenvalue weighted by Crippen LogP contribution is 2.18. The van der Waals surface area contributed by atoms with Gasteiger partial charge in [0.05, 0.1) is 5.69 Å². The molecule has 0 amide bonds. The van der Waals surface area contributed by atoms with E-state index in [9.17, 15) is 13.6 Å². The van der Waals surface area contributed by atoms with Crippen LogP contribution >= 0.6 is 0 Å². The Balaban J connectivity index is 1.62. The van der Waals surface area contributed by atoms with E-state index in [1.54, 1.807) is 10.9 Å². The van der Waals surface area contributed by atoms with Gasteiger partial charge in [0.2, 0.25) is 5.88 Å². The molecule has 0 unspecified atom stereocenters. The number of pyridine rings is 1. The Bertz CT molecular complexity index is 1160. The summed E-state index contributed by atoms with van der Waals surface area (Å²) in [6, 6.07) is 15.2. The number of ether oxygens (including phenoxy) is 1. The van der Waals surface area contributed by atoms with E-state index < -0.39 is 6.61 Å². The van der Waals surface area contributed by atoms with Crippen LogP contribution < -0.4 is 10.3 Å². The summed E-state index contributed by atoms with van der Waals surface area (Å²) in [4.78, 5) is 16.1. The molecular formula is C19H14F2N6O2. The highest BCUT2D eigenvalue weighted by atomic mass is 19.3. The largest absolute Gasteiger partial charge is 0.417 e. The fourth-order valence-corrected chi connectivity index (χ4v) is 2.71. The summed E-state index contributed by atoms with van der Waals surface area (Å²) in [5.41, 5.74) is 1.54. The fraction of sp³-hybridized carbons (Fsp3) is 0.105. The molecule has 4 rings (SSSR count). The molecule has 0 radical (unpaired) electrons. The van der Waals surface area contributed by atoms with Crippen LogP contribution in [0, 0.1) is 0 Å². The Labute approximate surface area is 163 Å². The van der Waals surface area contributed by atoms with Crippen molar-refractivity contribution in [2.45, 2.75) is 13.2 Å². The zero-order chi connectivity index (χ0) is 20.2. The normalized spacial score (nSPS) is 11.0. The molecule has 0 fully saturated rings. The van der Waals surface area contributed by atoms with Crippen LogP contribution in [0.5, 0.6) is 5.88 Å². The van der Waals surface area contributed by atoms with Gasteiger partial charge < -0.3 is 4.74 Å². The first kappa shape index (κ1) is 18.4. The molecule has 0 aliphatic rings. The average Bonchev–Trinajstić information content (AvgIpc) is 3.19. The summed E-state index contributed by atoms with van der Waals surface area (Å²) in [5, 5.41) is 12.3. The first-order valence-electron chi connectivity index (χ1n) is 8.54. The van der Waals surface area contributed by atoms with Crippen LogP contribution in [0.1, 0.15) is 5.82 Å². The van der Waals surface area contributed by atoms with E-state index >= 15 is 0 Å². The third-order valence-corrected chi connectivity index (χ3v) is 4.05. The SMILES string of the molecule is O=c1ccc(-c2ccc(OC(F)F)nc2)nn1Cc1nncn1-c1ccccc1. The Morgan fingerprint density at radius 2 is 1.86 bits per heavy atom. The molecule has 0 saturated heterocycles. The fourth-order valence-electron chi connectivity index (χ4n) is 2.71. The van der Waals surface area contributed by atoms with E-state index in [2.05, 4.69) is 25.0 Å². The van der Waals surface area contributed by atoms with Crippen molar-refractivity contribution in [3.63, 3.8) is 0 Å². The Kier molecular flexibility index (Phi) is 5.06. The number of hydrogen-bond acceptors (Lipinski definition) is 6. The van der Waals surface area contributed by atoms with E-state index in [-0.39, 0.29) is 18.0 Å². The monoisotopic (exact) mass is 396 g/mol. The van der Waals surface area contributed by atoms with Crippen LogP contribution in [-0.4, -0.2) is 36.1 Å². The van der Waals surface area contributed by atoms with E-state index in [1.807, 2.05) is 30.3 Å². The molecule has 29 heavy (non-hydrogen) atoms. The van der Waals surface area contributed by atoms with Crippen molar-refractivity contribution in [3.05, 3.63) is 83.3 Å². The highest BCUT2D eigenvalue weighted by Gasteiger charge is 2.11. The molecular weight excluding hydrogens is 382 g/mol. The Morgan fingerprint density at radius 1 is 1.03 bits per heavy atom. The number of nitrogens with zero attached hydrogens (tertiary/aromatic N) is 6. The lowest BCUT2D eigenvalue weighted by Gasteiger charge is -2.09. The van der Waals surface area contributed by atoms with Gasteiger partial charge in [-0.2, -0.15) is 13.9 Å². The van der Waals surface area contributed by atoms with Crippen LogP contribution in [0.25, 0.3) is 16.9 Å². The number of aromatic nitrogens is 6. The third-order valence-electron chi connectivity index (χ3n) is 4.05. The van der Waals surface area contributed by atoms with E-state index in [1.165, 1.54) is 35.1 Å². The zero-order valence-corrected chi connectivity index (χ0v) is 14.9. The van der Waals surface area contributed by atoms with Crippen LogP contribution in [0.15, 0.2) is 71.9 Å². The van der Waals surface area contributed by atoms with Crippen LogP contribution in [0.2, 0.25) is 0 Å². The predicted molar refractivity (Wildman–Crippen MR) is 98.8 cm³/mol. The second-order valence-corrected chi connectivity index (χ2v) is 5.93. The minimum absolute atomic E-state index is 0.0988. The van der Waals surface area contributed by atoms with E-state index in [0.29, 0.717) is 17.1 Å². The number of hydrogen-bond donors (Lipinski definition) is 0. The Hall–Kier alpha value is -3.95. The molecule has 0 aliphatic heterocycles. The van der Waals surface area contributed by atoms with Crippen molar-refractivity contribution in [1.82, 2.24) is 29.5 Å². The first-order chi connectivity index (χ1) is 14.1. The minimum atomic E-state index is -2.95. The molecule has 4 aromatic rings. The first-order valence-corrected chi connectivity index (χ1v) is 8.54.